The van der Waals surface area contributed by atoms with E-state index in [0.717, 1.165) is 6.07 Å². The Morgan fingerprint density at radius 3 is 2.29 bits per heavy atom. The van der Waals surface area contributed by atoms with Crippen molar-refractivity contribution in [1.29, 1.82) is 0 Å². The van der Waals surface area contributed by atoms with Crippen LogP contribution in [0.15, 0.2) is 24.3 Å². The number of hydrogen-bond acceptors (Lipinski definition) is 3. The maximum Gasteiger partial charge on any atom is 0.573 e. The Bertz CT molecular complexity index is 403. The van der Waals surface area contributed by atoms with Crippen molar-refractivity contribution in [3.8, 4) is 11.5 Å². The third kappa shape index (κ3) is 4.21. The second-order valence-corrected chi connectivity index (χ2v) is 3.09. The molecule has 7 heteroatoms. The molecule has 4 nitrogen and oxygen atoms in total. The molecule has 0 aliphatic rings. The Morgan fingerprint density at radius 1 is 1.29 bits per heavy atom. The summed E-state index contributed by atoms with van der Waals surface area (Å²) in [5, 5.41) is 8.58. The number of carbonyl (C=O) groups is 1. The SMILES string of the molecule is CC(Oc1ccccc1OC(F)(F)F)C(=O)O. The first-order chi connectivity index (χ1) is 7.79. The zero-order valence-electron chi connectivity index (χ0n) is 8.69. The van der Waals surface area contributed by atoms with Gasteiger partial charge < -0.3 is 14.6 Å². The van der Waals surface area contributed by atoms with Crippen molar-refractivity contribution in [3.05, 3.63) is 24.3 Å². The molecular weight excluding hydrogens is 241 g/mol. The number of carboxylic acid groups (broad SMARTS) is 1. The molecule has 0 radical (unpaired) electrons. The number of benzene rings is 1. The number of para-hydroxylation sites is 2. The number of halogens is 3. The van der Waals surface area contributed by atoms with Crippen LogP contribution in [0.1, 0.15) is 6.92 Å². The average Bonchev–Trinajstić information content (AvgIpc) is 2.18. The number of aliphatic carboxylic acids is 1. The van der Waals surface area contributed by atoms with Crippen molar-refractivity contribution in [2.75, 3.05) is 0 Å². The van der Waals surface area contributed by atoms with E-state index in [1.54, 1.807) is 0 Å². The van der Waals surface area contributed by atoms with E-state index in [4.69, 9.17) is 9.84 Å². The molecule has 94 valence electrons. The summed E-state index contributed by atoms with van der Waals surface area (Å²) in [5.41, 5.74) is 0. The number of carboxylic acids is 1. The smallest absolute Gasteiger partial charge is 0.479 e. The Morgan fingerprint density at radius 2 is 1.82 bits per heavy atom. The molecule has 0 aromatic heterocycles. The first-order valence-corrected chi connectivity index (χ1v) is 4.54. The second kappa shape index (κ2) is 4.94. The maximum atomic E-state index is 12.0. The van der Waals surface area contributed by atoms with Crippen LogP contribution < -0.4 is 9.47 Å². The Balaban J connectivity index is 2.88. The van der Waals surface area contributed by atoms with Gasteiger partial charge in [0.1, 0.15) is 0 Å². The van der Waals surface area contributed by atoms with Crippen molar-refractivity contribution >= 4 is 5.97 Å². The van der Waals surface area contributed by atoms with Crippen molar-refractivity contribution in [3.63, 3.8) is 0 Å². The minimum atomic E-state index is -4.86. The van der Waals surface area contributed by atoms with Crippen molar-refractivity contribution in [2.24, 2.45) is 0 Å². The Hall–Kier alpha value is -1.92. The van der Waals surface area contributed by atoms with Crippen LogP contribution in [0.25, 0.3) is 0 Å². The number of hydrogen-bond donors (Lipinski definition) is 1. The average molecular weight is 250 g/mol. The van der Waals surface area contributed by atoms with E-state index in [1.807, 2.05) is 0 Å². The van der Waals surface area contributed by atoms with Gasteiger partial charge in [-0.1, -0.05) is 12.1 Å². The number of ether oxygens (including phenoxy) is 2. The molecule has 0 spiro atoms. The predicted molar refractivity (Wildman–Crippen MR) is 50.9 cm³/mol. The zero-order chi connectivity index (χ0) is 13.1. The number of rotatable bonds is 4. The van der Waals surface area contributed by atoms with Gasteiger partial charge in [0.2, 0.25) is 0 Å². The van der Waals surface area contributed by atoms with Crippen LogP contribution >= 0.6 is 0 Å². The first kappa shape index (κ1) is 13.1. The summed E-state index contributed by atoms with van der Waals surface area (Å²) in [7, 11) is 0. The van der Waals surface area contributed by atoms with Crippen LogP contribution in [-0.2, 0) is 4.79 Å². The molecule has 1 aromatic rings. The van der Waals surface area contributed by atoms with Crippen molar-refractivity contribution in [2.45, 2.75) is 19.4 Å². The van der Waals surface area contributed by atoms with Crippen LogP contribution in [-0.4, -0.2) is 23.5 Å². The molecule has 0 saturated heterocycles. The van der Waals surface area contributed by atoms with Crippen molar-refractivity contribution in [1.82, 2.24) is 0 Å². The van der Waals surface area contributed by atoms with Gasteiger partial charge >= 0.3 is 12.3 Å². The maximum absolute atomic E-state index is 12.0. The van der Waals surface area contributed by atoms with Gasteiger partial charge in [-0.2, -0.15) is 0 Å². The zero-order valence-corrected chi connectivity index (χ0v) is 8.69. The van der Waals surface area contributed by atoms with Crippen LogP contribution in [0.4, 0.5) is 13.2 Å². The summed E-state index contributed by atoms with van der Waals surface area (Å²) < 4.78 is 44.6. The Labute approximate surface area is 94.6 Å². The summed E-state index contributed by atoms with van der Waals surface area (Å²) in [4.78, 5) is 10.5. The van der Waals surface area contributed by atoms with E-state index in [1.165, 1.54) is 25.1 Å². The Kier molecular flexibility index (Phi) is 3.82. The highest BCUT2D eigenvalue weighted by molar-refractivity contribution is 5.72. The minimum absolute atomic E-state index is 0.278. The molecule has 0 heterocycles. The third-order valence-electron chi connectivity index (χ3n) is 1.73. The van der Waals surface area contributed by atoms with Crippen LogP contribution in [0, 0.1) is 0 Å². The van der Waals surface area contributed by atoms with E-state index >= 15 is 0 Å². The summed E-state index contributed by atoms with van der Waals surface area (Å²) in [6, 6.07) is 4.96. The molecule has 1 aromatic carbocycles. The van der Waals surface area contributed by atoms with E-state index in [9.17, 15) is 18.0 Å². The third-order valence-corrected chi connectivity index (χ3v) is 1.73. The first-order valence-electron chi connectivity index (χ1n) is 4.54. The lowest BCUT2D eigenvalue weighted by atomic mass is 10.3. The highest BCUT2D eigenvalue weighted by Gasteiger charge is 2.32. The molecule has 1 unspecified atom stereocenters. The quantitative estimate of drug-likeness (QED) is 0.891. The number of alkyl halides is 3. The lowest BCUT2D eigenvalue weighted by Gasteiger charge is -2.15. The monoisotopic (exact) mass is 250 g/mol. The molecule has 0 aliphatic carbocycles. The van der Waals surface area contributed by atoms with Gasteiger partial charge in [-0.05, 0) is 19.1 Å². The largest absolute Gasteiger partial charge is 0.573 e. The molecule has 0 bridgehead atoms. The lowest BCUT2D eigenvalue weighted by molar-refractivity contribution is -0.275. The van der Waals surface area contributed by atoms with Crippen molar-refractivity contribution < 1.29 is 32.5 Å². The van der Waals surface area contributed by atoms with Gasteiger partial charge in [-0.15, -0.1) is 13.2 Å². The summed E-state index contributed by atoms with van der Waals surface area (Å²) >= 11 is 0. The fourth-order valence-electron chi connectivity index (χ4n) is 0.997. The molecule has 17 heavy (non-hydrogen) atoms. The van der Waals surface area contributed by atoms with E-state index < -0.39 is 24.2 Å². The van der Waals surface area contributed by atoms with Gasteiger partial charge in [0.15, 0.2) is 17.6 Å². The molecule has 1 atom stereocenters. The highest BCUT2D eigenvalue weighted by atomic mass is 19.4. The molecule has 1 N–H and O–H groups in total. The van der Waals surface area contributed by atoms with Crippen LogP contribution in [0.3, 0.4) is 0 Å². The predicted octanol–water partition coefficient (Wildman–Crippen LogP) is 2.44. The lowest BCUT2D eigenvalue weighted by Crippen LogP contribution is -2.24. The standard InChI is InChI=1S/C10H9F3O4/c1-6(9(14)15)16-7-4-2-3-5-8(7)17-10(11,12)13/h2-6H,1H3,(H,14,15). The second-order valence-electron chi connectivity index (χ2n) is 3.09. The molecular formula is C10H9F3O4. The van der Waals surface area contributed by atoms with E-state index in [2.05, 4.69) is 4.74 Å². The fourth-order valence-corrected chi connectivity index (χ4v) is 0.997. The molecule has 0 aliphatic heterocycles. The summed E-state index contributed by atoms with van der Waals surface area (Å²) in [6.07, 6.45) is -6.13. The fraction of sp³-hybridized carbons (Fsp3) is 0.300. The summed E-state index contributed by atoms with van der Waals surface area (Å²) in [6.45, 7) is 1.20. The van der Waals surface area contributed by atoms with Gasteiger partial charge in [0.25, 0.3) is 0 Å². The van der Waals surface area contributed by atoms with Gasteiger partial charge in [-0.3, -0.25) is 0 Å². The van der Waals surface area contributed by atoms with E-state index in [0.29, 0.717) is 0 Å². The molecule has 0 amide bonds. The van der Waals surface area contributed by atoms with Crippen LogP contribution in [0.2, 0.25) is 0 Å². The highest BCUT2D eigenvalue weighted by Crippen LogP contribution is 2.32. The molecule has 0 fully saturated rings. The molecule has 0 saturated carbocycles. The minimum Gasteiger partial charge on any atom is -0.479 e. The molecule has 1 rings (SSSR count). The van der Waals surface area contributed by atoms with Gasteiger partial charge in [-0.25, -0.2) is 4.79 Å². The van der Waals surface area contributed by atoms with Gasteiger partial charge in [0, 0.05) is 0 Å². The normalized spacial score (nSPS) is 12.9. The van der Waals surface area contributed by atoms with Crippen LogP contribution in [0.5, 0.6) is 11.5 Å². The summed E-state index contributed by atoms with van der Waals surface area (Å²) in [5.74, 6) is -2.14. The van der Waals surface area contributed by atoms with Gasteiger partial charge in [0.05, 0.1) is 0 Å². The topological polar surface area (TPSA) is 55.8 Å². The van der Waals surface area contributed by atoms with E-state index in [-0.39, 0.29) is 5.75 Å².